The van der Waals surface area contributed by atoms with Gasteiger partial charge in [0.05, 0.1) is 12.4 Å². The van der Waals surface area contributed by atoms with Crippen molar-refractivity contribution in [2.45, 2.75) is 6.18 Å². The van der Waals surface area contributed by atoms with E-state index in [1.54, 1.807) is 5.32 Å². The standard InChI is InChI=1S/C7H7F3N4O/c8-7(9,10)3-13-6(15)4-1-12-2-5(11)14-4/h1-2H,3H2,(H2,11,14)(H,13,15). The first-order valence-corrected chi connectivity index (χ1v) is 3.81. The van der Waals surface area contributed by atoms with Crippen molar-refractivity contribution in [3.8, 4) is 0 Å². The number of alkyl halides is 3. The molecule has 0 atom stereocenters. The monoisotopic (exact) mass is 220 g/mol. The van der Waals surface area contributed by atoms with Gasteiger partial charge in [-0.3, -0.25) is 9.78 Å². The van der Waals surface area contributed by atoms with E-state index in [-0.39, 0.29) is 11.5 Å². The van der Waals surface area contributed by atoms with E-state index in [0.29, 0.717) is 0 Å². The Morgan fingerprint density at radius 3 is 2.67 bits per heavy atom. The van der Waals surface area contributed by atoms with E-state index >= 15 is 0 Å². The van der Waals surface area contributed by atoms with E-state index in [9.17, 15) is 18.0 Å². The van der Waals surface area contributed by atoms with Gasteiger partial charge >= 0.3 is 6.18 Å². The highest BCUT2D eigenvalue weighted by atomic mass is 19.4. The number of hydrogen-bond donors (Lipinski definition) is 2. The number of amides is 1. The molecule has 0 saturated carbocycles. The van der Waals surface area contributed by atoms with Gasteiger partial charge < -0.3 is 11.1 Å². The van der Waals surface area contributed by atoms with Crippen LogP contribution in [0.15, 0.2) is 12.4 Å². The molecular weight excluding hydrogens is 213 g/mol. The van der Waals surface area contributed by atoms with Gasteiger partial charge in [0, 0.05) is 0 Å². The summed E-state index contributed by atoms with van der Waals surface area (Å²) in [7, 11) is 0. The number of carbonyl (C=O) groups excluding carboxylic acids is 1. The van der Waals surface area contributed by atoms with Gasteiger partial charge in [-0.05, 0) is 0 Å². The molecule has 0 aliphatic rings. The Balaban J connectivity index is 2.62. The van der Waals surface area contributed by atoms with Crippen LogP contribution in [-0.4, -0.2) is 28.6 Å². The summed E-state index contributed by atoms with van der Waals surface area (Å²) in [5.41, 5.74) is 4.95. The highest BCUT2D eigenvalue weighted by Crippen LogP contribution is 2.12. The quantitative estimate of drug-likeness (QED) is 0.753. The smallest absolute Gasteiger partial charge is 0.382 e. The van der Waals surface area contributed by atoms with Crippen LogP contribution < -0.4 is 11.1 Å². The van der Waals surface area contributed by atoms with Crippen molar-refractivity contribution in [2.24, 2.45) is 0 Å². The van der Waals surface area contributed by atoms with E-state index < -0.39 is 18.6 Å². The lowest BCUT2D eigenvalue weighted by Gasteiger charge is -2.07. The summed E-state index contributed by atoms with van der Waals surface area (Å²) < 4.78 is 35.2. The second-order valence-corrected chi connectivity index (χ2v) is 2.63. The molecule has 0 aliphatic carbocycles. The largest absolute Gasteiger partial charge is 0.405 e. The maximum Gasteiger partial charge on any atom is 0.405 e. The highest BCUT2D eigenvalue weighted by molar-refractivity contribution is 5.92. The molecule has 3 N–H and O–H groups in total. The zero-order chi connectivity index (χ0) is 11.5. The minimum absolute atomic E-state index is 0.0327. The first-order chi connectivity index (χ1) is 6.88. The van der Waals surface area contributed by atoms with Crippen LogP contribution in [0.5, 0.6) is 0 Å². The van der Waals surface area contributed by atoms with Gasteiger partial charge in [0.15, 0.2) is 0 Å². The summed E-state index contributed by atoms with van der Waals surface area (Å²) >= 11 is 0. The molecule has 1 heterocycles. The van der Waals surface area contributed by atoms with Crippen LogP contribution >= 0.6 is 0 Å². The van der Waals surface area contributed by atoms with E-state index in [1.165, 1.54) is 6.20 Å². The van der Waals surface area contributed by atoms with E-state index in [0.717, 1.165) is 6.20 Å². The Labute approximate surface area is 82.5 Å². The Hall–Kier alpha value is -1.86. The van der Waals surface area contributed by atoms with Crippen molar-refractivity contribution in [1.29, 1.82) is 0 Å². The van der Waals surface area contributed by atoms with Crippen LogP contribution in [0.1, 0.15) is 10.5 Å². The first-order valence-electron chi connectivity index (χ1n) is 3.81. The molecular formula is C7H7F3N4O. The van der Waals surface area contributed by atoms with Gasteiger partial charge in [-0.1, -0.05) is 0 Å². The minimum Gasteiger partial charge on any atom is -0.382 e. The molecule has 0 unspecified atom stereocenters. The Kier molecular flexibility index (Phi) is 3.08. The zero-order valence-corrected chi connectivity index (χ0v) is 7.38. The molecule has 8 heteroatoms. The van der Waals surface area contributed by atoms with Crippen molar-refractivity contribution in [2.75, 3.05) is 12.3 Å². The molecule has 0 fully saturated rings. The lowest BCUT2D eigenvalue weighted by molar-refractivity contribution is -0.123. The van der Waals surface area contributed by atoms with Crippen LogP contribution in [-0.2, 0) is 0 Å². The van der Waals surface area contributed by atoms with Crippen LogP contribution in [0.4, 0.5) is 19.0 Å². The maximum atomic E-state index is 11.7. The third-order valence-corrected chi connectivity index (χ3v) is 1.34. The molecule has 0 bridgehead atoms. The predicted octanol–water partition coefficient (Wildman–Crippen LogP) is 0.351. The van der Waals surface area contributed by atoms with E-state index in [2.05, 4.69) is 9.97 Å². The number of nitrogens with two attached hydrogens (primary N) is 1. The average Bonchev–Trinajstić information content (AvgIpc) is 2.13. The van der Waals surface area contributed by atoms with Crippen molar-refractivity contribution in [3.05, 3.63) is 18.1 Å². The molecule has 0 radical (unpaired) electrons. The number of nitrogen functional groups attached to an aromatic ring is 1. The fourth-order valence-corrected chi connectivity index (χ4v) is 0.762. The van der Waals surface area contributed by atoms with Gasteiger partial charge in [-0.2, -0.15) is 13.2 Å². The molecule has 82 valence electrons. The number of nitrogens with zero attached hydrogens (tertiary/aromatic N) is 2. The molecule has 0 aromatic carbocycles. The van der Waals surface area contributed by atoms with Gasteiger partial charge in [0.25, 0.3) is 5.91 Å². The fraction of sp³-hybridized carbons (Fsp3) is 0.286. The Morgan fingerprint density at radius 2 is 2.13 bits per heavy atom. The van der Waals surface area contributed by atoms with Gasteiger partial charge in [-0.15, -0.1) is 0 Å². The highest BCUT2D eigenvalue weighted by Gasteiger charge is 2.28. The number of nitrogens with one attached hydrogen (secondary N) is 1. The summed E-state index contributed by atoms with van der Waals surface area (Å²) in [5.74, 6) is -0.998. The van der Waals surface area contributed by atoms with Crippen molar-refractivity contribution in [3.63, 3.8) is 0 Å². The van der Waals surface area contributed by atoms with Crippen LogP contribution in [0.2, 0.25) is 0 Å². The molecule has 1 amide bonds. The second-order valence-electron chi connectivity index (χ2n) is 2.63. The summed E-state index contributed by atoms with van der Waals surface area (Å²) in [6.07, 6.45) is -2.24. The third kappa shape index (κ3) is 3.79. The first kappa shape index (κ1) is 11.2. The molecule has 1 aromatic heterocycles. The number of hydrogen-bond acceptors (Lipinski definition) is 4. The average molecular weight is 220 g/mol. The summed E-state index contributed by atoms with van der Waals surface area (Å²) in [6, 6.07) is 0. The Morgan fingerprint density at radius 1 is 1.47 bits per heavy atom. The van der Waals surface area contributed by atoms with Crippen molar-refractivity contribution < 1.29 is 18.0 Å². The molecule has 0 spiro atoms. The fourth-order valence-electron chi connectivity index (χ4n) is 0.762. The molecule has 1 rings (SSSR count). The maximum absolute atomic E-state index is 11.7. The van der Waals surface area contributed by atoms with Crippen LogP contribution in [0, 0.1) is 0 Å². The normalized spacial score (nSPS) is 11.1. The van der Waals surface area contributed by atoms with Crippen molar-refractivity contribution >= 4 is 11.7 Å². The number of anilines is 1. The lowest BCUT2D eigenvalue weighted by Crippen LogP contribution is -2.34. The lowest BCUT2D eigenvalue weighted by atomic mass is 10.4. The third-order valence-electron chi connectivity index (χ3n) is 1.34. The molecule has 15 heavy (non-hydrogen) atoms. The number of aromatic nitrogens is 2. The minimum atomic E-state index is -4.45. The number of rotatable bonds is 2. The van der Waals surface area contributed by atoms with Crippen molar-refractivity contribution in [1.82, 2.24) is 15.3 Å². The molecule has 1 aromatic rings. The summed E-state index contributed by atoms with van der Waals surface area (Å²) in [6.45, 7) is -1.41. The second kappa shape index (κ2) is 4.11. The van der Waals surface area contributed by atoms with E-state index in [1.807, 2.05) is 0 Å². The summed E-state index contributed by atoms with van der Waals surface area (Å²) in [4.78, 5) is 18.1. The van der Waals surface area contributed by atoms with Crippen LogP contribution in [0.3, 0.4) is 0 Å². The topological polar surface area (TPSA) is 80.9 Å². The molecule has 0 saturated heterocycles. The number of halogens is 3. The predicted molar refractivity (Wildman–Crippen MR) is 44.8 cm³/mol. The van der Waals surface area contributed by atoms with Gasteiger partial charge in [0.2, 0.25) is 0 Å². The number of carbonyl (C=O) groups is 1. The SMILES string of the molecule is Nc1cncc(C(=O)NCC(F)(F)F)n1. The van der Waals surface area contributed by atoms with Gasteiger partial charge in [-0.25, -0.2) is 4.98 Å². The summed E-state index contributed by atoms with van der Waals surface area (Å²) in [5, 5.41) is 1.64. The van der Waals surface area contributed by atoms with E-state index in [4.69, 9.17) is 5.73 Å². The zero-order valence-electron chi connectivity index (χ0n) is 7.38. The van der Waals surface area contributed by atoms with Gasteiger partial charge in [0.1, 0.15) is 18.1 Å². The van der Waals surface area contributed by atoms with Crippen LogP contribution in [0.25, 0.3) is 0 Å². The Bertz CT molecular complexity index is 365. The molecule has 5 nitrogen and oxygen atoms in total. The molecule has 0 aliphatic heterocycles.